The average Bonchev–Trinajstić information content (AvgIpc) is 2.55. The minimum Gasteiger partial charge on any atom is -0.345 e. The van der Waals surface area contributed by atoms with E-state index in [0.29, 0.717) is 12.1 Å². The van der Waals surface area contributed by atoms with Crippen molar-refractivity contribution in [1.82, 2.24) is 5.32 Å². The van der Waals surface area contributed by atoms with E-state index in [0.717, 1.165) is 36.5 Å². The molecule has 0 heterocycles. The normalized spacial score (nSPS) is 17.6. The van der Waals surface area contributed by atoms with Gasteiger partial charge in [-0.15, -0.1) is 0 Å². The number of nitrogens with two attached hydrogens (primary N) is 1. The van der Waals surface area contributed by atoms with E-state index >= 15 is 0 Å². The summed E-state index contributed by atoms with van der Waals surface area (Å²) < 4.78 is 0. The van der Waals surface area contributed by atoms with Crippen LogP contribution in [0.25, 0.3) is 10.8 Å². The molecule has 3 rings (SSSR count). The Balaban J connectivity index is 1.82. The molecule has 1 aliphatic rings. The molecule has 0 unspecified atom stereocenters. The van der Waals surface area contributed by atoms with Gasteiger partial charge in [-0.25, -0.2) is 0 Å². The molecule has 0 radical (unpaired) electrons. The number of hydrogen-bond donors (Lipinski definition) is 2. The second-order valence-electron chi connectivity index (χ2n) is 6.06. The highest BCUT2D eigenvalue weighted by Crippen LogP contribution is 2.27. The third-order valence-corrected chi connectivity index (χ3v) is 4.59. The lowest BCUT2D eigenvalue weighted by atomic mass is 9.81. The lowest BCUT2D eigenvalue weighted by Crippen LogP contribution is -2.54. The zero-order valence-corrected chi connectivity index (χ0v) is 12.3. The molecule has 0 spiro atoms. The fourth-order valence-corrected chi connectivity index (χ4v) is 3.25. The van der Waals surface area contributed by atoms with Crippen molar-refractivity contribution in [1.29, 1.82) is 0 Å². The summed E-state index contributed by atoms with van der Waals surface area (Å²) in [7, 11) is 0. The number of hydrogen-bond acceptors (Lipinski definition) is 2. The zero-order valence-electron chi connectivity index (χ0n) is 12.3. The highest BCUT2D eigenvalue weighted by atomic mass is 16.1. The average molecular weight is 282 g/mol. The Morgan fingerprint density at radius 1 is 1.05 bits per heavy atom. The van der Waals surface area contributed by atoms with Gasteiger partial charge in [0.05, 0.1) is 5.54 Å². The highest BCUT2D eigenvalue weighted by molar-refractivity contribution is 5.98. The van der Waals surface area contributed by atoms with Crippen molar-refractivity contribution >= 4 is 16.7 Å². The van der Waals surface area contributed by atoms with E-state index in [2.05, 4.69) is 11.4 Å². The van der Waals surface area contributed by atoms with E-state index in [9.17, 15) is 4.79 Å². The van der Waals surface area contributed by atoms with Crippen LogP contribution in [0.3, 0.4) is 0 Å². The van der Waals surface area contributed by atoms with E-state index < -0.39 is 0 Å². The van der Waals surface area contributed by atoms with Crippen molar-refractivity contribution in [3.8, 4) is 0 Å². The summed E-state index contributed by atoms with van der Waals surface area (Å²) in [5.74, 6) is -0.00639. The number of fused-ring (bicyclic) bond motifs is 1. The quantitative estimate of drug-likeness (QED) is 0.908. The first kappa shape index (κ1) is 14.1. The lowest BCUT2D eigenvalue weighted by molar-refractivity contribution is 0.0875. The lowest BCUT2D eigenvalue weighted by Gasteiger charge is -2.37. The maximum Gasteiger partial charge on any atom is 0.251 e. The molecule has 0 saturated heterocycles. The molecule has 2 aromatic carbocycles. The zero-order chi connectivity index (χ0) is 14.7. The summed E-state index contributed by atoms with van der Waals surface area (Å²) in [6, 6.07) is 13.9. The van der Waals surface area contributed by atoms with Crippen molar-refractivity contribution in [2.24, 2.45) is 5.73 Å². The molecule has 1 aliphatic carbocycles. The summed E-state index contributed by atoms with van der Waals surface area (Å²) in [6.45, 7) is 0.520. The summed E-state index contributed by atoms with van der Waals surface area (Å²) >= 11 is 0. The van der Waals surface area contributed by atoms with Crippen molar-refractivity contribution in [2.75, 3.05) is 6.54 Å². The molecule has 2 aromatic rings. The molecule has 0 bridgehead atoms. The number of carbonyl (C=O) groups is 1. The molecule has 3 nitrogen and oxygen atoms in total. The van der Waals surface area contributed by atoms with Gasteiger partial charge < -0.3 is 11.1 Å². The third kappa shape index (κ3) is 2.93. The van der Waals surface area contributed by atoms with Crippen LogP contribution in [0.15, 0.2) is 42.5 Å². The maximum absolute atomic E-state index is 12.6. The second kappa shape index (κ2) is 5.86. The molecule has 1 fully saturated rings. The Labute approximate surface area is 125 Å². The number of benzene rings is 2. The molecule has 3 heteroatoms. The number of rotatable bonds is 3. The third-order valence-electron chi connectivity index (χ3n) is 4.59. The molecule has 0 aromatic heterocycles. The van der Waals surface area contributed by atoms with Crippen molar-refractivity contribution < 1.29 is 4.79 Å². The second-order valence-corrected chi connectivity index (χ2v) is 6.06. The van der Waals surface area contributed by atoms with Gasteiger partial charge in [-0.05, 0) is 35.7 Å². The minimum atomic E-state index is -0.207. The van der Waals surface area contributed by atoms with Crippen LogP contribution in [0.2, 0.25) is 0 Å². The Kier molecular flexibility index (Phi) is 3.93. The van der Waals surface area contributed by atoms with E-state index in [1.54, 1.807) is 0 Å². The maximum atomic E-state index is 12.6. The summed E-state index contributed by atoms with van der Waals surface area (Å²) in [4.78, 5) is 12.6. The Morgan fingerprint density at radius 2 is 1.76 bits per heavy atom. The molecule has 21 heavy (non-hydrogen) atoms. The van der Waals surface area contributed by atoms with Gasteiger partial charge >= 0.3 is 0 Å². The SMILES string of the molecule is NCC1(NC(=O)c2ccc3ccccc3c2)CCCCC1. The fourth-order valence-electron chi connectivity index (χ4n) is 3.25. The predicted octanol–water partition coefficient (Wildman–Crippen LogP) is 3.23. The van der Waals surface area contributed by atoms with E-state index in [-0.39, 0.29) is 11.4 Å². The van der Waals surface area contributed by atoms with Gasteiger partial charge in [-0.3, -0.25) is 4.79 Å². The topological polar surface area (TPSA) is 55.1 Å². The summed E-state index contributed by atoms with van der Waals surface area (Å²) in [6.07, 6.45) is 5.52. The summed E-state index contributed by atoms with van der Waals surface area (Å²) in [5.41, 5.74) is 6.45. The Hall–Kier alpha value is -1.87. The van der Waals surface area contributed by atoms with Gasteiger partial charge in [0, 0.05) is 12.1 Å². The number of carbonyl (C=O) groups excluding carboxylic acids is 1. The molecule has 1 amide bonds. The van der Waals surface area contributed by atoms with Gasteiger partial charge in [0.1, 0.15) is 0 Å². The van der Waals surface area contributed by atoms with Crippen LogP contribution >= 0.6 is 0 Å². The molecule has 1 saturated carbocycles. The van der Waals surface area contributed by atoms with Gasteiger partial charge in [0.25, 0.3) is 5.91 Å². The van der Waals surface area contributed by atoms with Gasteiger partial charge in [-0.2, -0.15) is 0 Å². The van der Waals surface area contributed by atoms with E-state index in [1.807, 2.05) is 36.4 Å². The van der Waals surface area contributed by atoms with Gasteiger partial charge in [0.2, 0.25) is 0 Å². The predicted molar refractivity (Wildman–Crippen MR) is 86.3 cm³/mol. The summed E-state index contributed by atoms with van der Waals surface area (Å²) in [5, 5.41) is 5.45. The molecule has 110 valence electrons. The number of nitrogens with one attached hydrogen (secondary N) is 1. The Morgan fingerprint density at radius 3 is 2.48 bits per heavy atom. The molecule has 0 atom stereocenters. The van der Waals surface area contributed by atoms with E-state index in [4.69, 9.17) is 5.73 Å². The fraction of sp³-hybridized carbons (Fsp3) is 0.389. The largest absolute Gasteiger partial charge is 0.345 e. The first-order valence-electron chi connectivity index (χ1n) is 7.74. The van der Waals surface area contributed by atoms with Crippen molar-refractivity contribution in [2.45, 2.75) is 37.6 Å². The van der Waals surface area contributed by atoms with Crippen molar-refractivity contribution in [3.05, 3.63) is 48.0 Å². The minimum absolute atomic E-state index is 0.00639. The van der Waals surface area contributed by atoms with Gasteiger partial charge in [-0.1, -0.05) is 49.6 Å². The van der Waals surface area contributed by atoms with Crippen LogP contribution in [-0.2, 0) is 0 Å². The Bertz CT molecular complexity index is 644. The van der Waals surface area contributed by atoms with Crippen LogP contribution in [0.5, 0.6) is 0 Å². The van der Waals surface area contributed by atoms with E-state index in [1.165, 1.54) is 6.42 Å². The van der Waals surface area contributed by atoms with Crippen molar-refractivity contribution in [3.63, 3.8) is 0 Å². The standard InChI is InChI=1S/C18H22N2O/c19-13-18(10-4-1-5-11-18)20-17(21)16-9-8-14-6-2-3-7-15(14)12-16/h2-3,6-9,12H,1,4-5,10-11,13,19H2,(H,20,21). The van der Waals surface area contributed by atoms with Crippen LogP contribution in [0.1, 0.15) is 42.5 Å². The molecule has 3 N–H and O–H groups in total. The van der Waals surface area contributed by atoms with Crippen LogP contribution in [0, 0.1) is 0 Å². The van der Waals surface area contributed by atoms with Gasteiger partial charge in [0.15, 0.2) is 0 Å². The van der Waals surface area contributed by atoms with Crippen LogP contribution in [-0.4, -0.2) is 18.0 Å². The molecule has 0 aliphatic heterocycles. The highest BCUT2D eigenvalue weighted by Gasteiger charge is 2.32. The molecular weight excluding hydrogens is 260 g/mol. The first-order valence-corrected chi connectivity index (χ1v) is 7.74. The molecular formula is C18H22N2O. The van der Waals surface area contributed by atoms with Crippen LogP contribution < -0.4 is 11.1 Å². The monoisotopic (exact) mass is 282 g/mol. The number of amides is 1. The van der Waals surface area contributed by atoms with Crippen LogP contribution in [0.4, 0.5) is 0 Å². The first-order chi connectivity index (χ1) is 10.2. The smallest absolute Gasteiger partial charge is 0.251 e.